The fourth-order valence-corrected chi connectivity index (χ4v) is 3.05. The third-order valence-electron chi connectivity index (χ3n) is 3.24. The van der Waals surface area contributed by atoms with E-state index in [1.807, 2.05) is 48.5 Å². The van der Waals surface area contributed by atoms with Crippen LogP contribution in [0.25, 0.3) is 0 Å². The van der Waals surface area contributed by atoms with Gasteiger partial charge < -0.3 is 0 Å². The van der Waals surface area contributed by atoms with Crippen LogP contribution in [0.1, 0.15) is 25.0 Å². The highest BCUT2D eigenvalue weighted by Gasteiger charge is 2.18. The molecule has 0 atom stereocenters. The van der Waals surface area contributed by atoms with E-state index in [1.54, 1.807) is 0 Å². The van der Waals surface area contributed by atoms with Crippen LogP contribution in [0.15, 0.2) is 48.5 Å². The minimum atomic E-state index is -1.73. The van der Waals surface area contributed by atoms with Gasteiger partial charge in [0.15, 0.2) is 0 Å². The van der Waals surface area contributed by atoms with Gasteiger partial charge in [-0.25, -0.2) is 0 Å². The van der Waals surface area contributed by atoms with Crippen LogP contribution < -0.4 is 10.2 Å². The van der Waals surface area contributed by atoms with Crippen LogP contribution >= 0.6 is 8.10 Å². The van der Waals surface area contributed by atoms with Gasteiger partial charge in [-0.15, -0.1) is 0 Å². The van der Waals surface area contributed by atoms with Crippen molar-refractivity contribution in [2.75, 3.05) is 10.2 Å². The Kier molecular flexibility index (Phi) is 5.14. The summed E-state index contributed by atoms with van der Waals surface area (Å²) in [5.74, 6) is 0. The molecule has 0 saturated heterocycles. The molecule has 0 bridgehead atoms. The Morgan fingerprint density at radius 3 is 1.60 bits per heavy atom. The summed E-state index contributed by atoms with van der Waals surface area (Å²) in [5, 5.41) is 6.12. The minimum absolute atomic E-state index is 0.915. The molecule has 0 saturated carbocycles. The molecular formula is C16H20N2OP+. The summed E-state index contributed by atoms with van der Waals surface area (Å²) in [4.78, 5) is 0. The van der Waals surface area contributed by atoms with E-state index in [1.165, 1.54) is 11.1 Å². The number of aryl methyl sites for hydroxylation is 2. The molecule has 4 heteroatoms. The highest BCUT2D eigenvalue weighted by atomic mass is 31.1. The van der Waals surface area contributed by atoms with Gasteiger partial charge in [-0.05, 0) is 40.7 Å². The summed E-state index contributed by atoms with van der Waals surface area (Å²) in [6.45, 7) is 4.18. The molecule has 0 aromatic heterocycles. The van der Waals surface area contributed by atoms with E-state index in [-0.39, 0.29) is 0 Å². The van der Waals surface area contributed by atoms with Crippen molar-refractivity contribution in [2.45, 2.75) is 26.7 Å². The monoisotopic (exact) mass is 287 g/mol. The largest absolute Gasteiger partial charge is 0.590 e. The van der Waals surface area contributed by atoms with Crippen molar-refractivity contribution in [3.63, 3.8) is 0 Å². The second-order valence-corrected chi connectivity index (χ2v) is 5.58. The maximum atomic E-state index is 12.2. The van der Waals surface area contributed by atoms with Gasteiger partial charge in [-0.1, -0.05) is 50.2 Å². The molecule has 0 radical (unpaired) electrons. The fraction of sp³-hybridized carbons (Fsp3) is 0.250. The summed E-state index contributed by atoms with van der Waals surface area (Å²) < 4.78 is 12.2. The van der Waals surface area contributed by atoms with Gasteiger partial charge in [0.1, 0.15) is 0 Å². The molecule has 0 aliphatic heterocycles. The van der Waals surface area contributed by atoms with Crippen LogP contribution in [-0.2, 0) is 17.4 Å². The van der Waals surface area contributed by atoms with Crippen LogP contribution in [-0.4, -0.2) is 0 Å². The van der Waals surface area contributed by atoms with E-state index >= 15 is 0 Å². The molecule has 3 nitrogen and oxygen atoms in total. The summed E-state index contributed by atoms with van der Waals surface area (Å²) in [6.07, 6.45) is 1.83. The van der Waals surface area contributed by atoms with Crippen LogP contribution in [0.5, 0.6) is 0 Å². The first-order valence-corrected chi connectivity index (χ1v) is 8.17. The zero-order valence-electron chi connectivity index (χ0n) is 11.9. The van der Waals surface area contributed by atoms with Gasteiger partial charge in [-0.3, -0.25) is 0 Å². The quantitative estimate of drug-likeness (QED) is 0.735. The second kappa shape index (κ2) is 7.06. The third kappa shape index (κ3) is 3.58. The maximum Gasteiger partial charge on any atom is 0.590 e. The highest BCUT2D eigenvalue weighted by Crippen LogP contribution is 2.30. The van der Waals surface area contributed by atoms with Crippen molar-refractivity contribution < 1.29 is 4.57 Å². The Morgan fingerprint density at radius 1 is 0.800 bits per heavy atom. The van der Waals surface area contributed by atoms with Gasteiger partial charge in [0, 0.05) is 0 Å². The molecule has 2 aromatic carbocycles. The Labute approximate surface area is 121 Å². The summed E-state index contributed by atoms with van der Waals surface area (Å²) in [5.41, 5.74) is 4.19. The van der Waals surface area contributed by atoms with E-state index < -0.39 is 8.10 Å². The SMILES string of the molecule is CCc1ccccc1N[P+](=O)Nc1ccccc1CC. The molecule has 20 heavy (non-hydrogen) atoms. The molecule has 0 heterocycles. The van der Waals surface area contributed by atoms with Gasteiger partial charge in [0.25, 0.3) is 0 Å². The lowest BCUT2D eigenvalue weighted by Gasteiger charge is -2.05. The minimum Gasteiger partial charge on any atom is -0.157 e. The maximum absolute atomic E-state index is 12.2. The molecule has 0 unspecified atom stereocenters. The molecular weight excluding hydrogens is 267 g/mol. The first-order chi connectivity index (χ1) is 9.74. The number of benzene rings is 2. The summed E-state index contributed by atoms with van der Waals surface area (Å²) in [6, 6.07) is 15.9. The number of hydrogen-bond acceptors (Lipinski definition) is 1. The van der Waals surface area contributed by atoms with Crippen molar-refractivity contribution in [3.8, 4) is 0 Å². The van der Waals surface area contributed by atoms with E-state index in [0.717, 1.165) is 24.2 Å². The Morgan fingerprint density at radius 2 is 1.20 bits per heavy atom. The topological polar surface area (TPSA) is 41.1 Å². The number of hydrogen-bond donors (Lipinski definition) is 2. The molecule has 2 aromatic rings. The average Bonchev–Trinajstić information content (AvgIpc) is 2.48. The lowest BCUT2D eigenvalue weighted by atomic mass is 10.1. The molecule has 104 valence electrons. The third-order valence-corrected chi connectivity index (χ3v) is 4.13. The lowest BCUT2D eigenvalue weighted by Crippen LogP contribution is -1.99. The van der Waals surface area contributed by atoms with Gasteiger partial charge in [0.05, 0.1) is 11.4 Å². The van der Waals surface area contributed by atoms with Crippen molar-refractivity contribution in [1.82, 2.24) is 0 Å². The van der Waals surface area contributed by atoms with Crippen molar-refractivity contribution in [1.29, 1.82) is 0 Å². The van der Waals surface area contributed by atoms with Crippen molar-refractivity contribution >= 4 is 19.5 Å². The Hall–Kier alpha value is -1.86. The Bertz CT molecular complexity index is 547. The molecule has 0 aliphatic carbocycles. The van der Waals surface area contributed by atoms with Crippen molar-refractivity contribution in [2.24, 2.45) is 0 Å². The van der Waals surface area contributed by atoms with Crippen LogP contribution in [0.3, 0.4) is 0 Å². The number of nitrogens with one attached hydrogen (secondary N) is 2. The molecule has 0 aliphatic rings. The van der Waals surface area contributed by atoms with Gasteiger partial charge in [0.2, 0.25) is 0 Å². The zero-order chi connectivity index (χ0) is 14.4. The van der Waals surface area contributed by atoms with Crippen LogP contribution in [0, 0.1) is 0 Å². The van der Waals surface area contributed by atoms with E-state index in [2.05, 4.69) is 24.0 Å². The van der Waals surface area contributed by atoms with Crippen LogP contribution in [0.4, 0.5) is 11.4 Å². The summed E-state index contributed by atoms with van der Waals surface area (Å²) >= 11 is 0. The van der Waals surface area contributed by atoms with Gasteiger partial charge in [-0.2, -0.15) is 10.2 Å². The van der Waals surface area contributed by atoms with E-state index in [0.29, 0.717) is 0 Å². The molecule has 0 amide bonds. The Balaban J connectivity index is 2.09. The second-order valence-electron chi connectivity index (χ2n) is 4.54. The molecule has 0 fully saturated rings. The standard InChI is InChI=1S/C16H20N2OP/c1-3-13-9-5-7-11-15(13)17-20(19)18-16-12-8-6-10-14(16)4-2/h5-12H,3-4H2,1-2H3,(H2,17,18,19)/q+1. The smallest absolute Gasteiger partial charge is 0.157 e. The normalized spacial score (nSPS) is 10.1. The summed E-state index contributed by atoms with van der Waals surface area (Å²) in [7, 11) is -1.73. The molecule has 2 rings (SSSR count). The first kappa shape index (κ1) is 14.5. The predicted molar refractivity (Wildman–Crippen MR) is 86.5 cm³/mol. The van der Waals surface area contributed by atoms with E-state index in [9.17, 15) is 4.57 Å². The van der Waals surface area contributed by atoms with Gasteiger partial charge >= 0.3 is 8.10 Å². The lowest BCUT2D eigenvalue weighted by molar-refractivity contribution is 0.593. The number of anilines is 2. The molecule has 2 N–H and O–H groups in total. The predicted octanol–water partition coefficient (Wildman–Crippen LogP) is 4.99. The molecule has 0 spiro atoms. The fourth-order valence-electron chi connectivity index (χ4n) is 2.12. The zero-order valence-corrected chi connectivity index (χ0v) is 12.8. The first-order valence-electron chi connectivity index (χ1n) is 6.91. The van der Waals surface area contributed by atoms with Crippen LogP contribution in [0.2, 0.25) is 0 Å². The number of rotatable bonds is 6. The average molecular weight is 287 g/mol. The van der Waals surface area contributed by atoms with Crippen molar-refractivity contribution in [3.05, 3.63) is 59.7 Å². The number of para-hydroxylation sites is 2. The van der Waals surface area contributed by atoms with E-state index in [4.69, 9.17) is 0 Å². The highest BCUT2D eigenvalue weighted by molar-refractivity contribution is 7.48.